The molecule has 0 bridgehead atoms. The van der Waals surface area contributed by atoms with Gasteiger partial charge in [-0.1, -0.05) is 23.7 Å². The summed E-state index contributed by atoms with van der Waals surface area (Å²) in [6.45, 7) is 0.808. The van der Waals surface area contributed by atoms with Gasteiger partial charge in [0.2, 0.25) is 0 Å². The molecule has 0 atom stereocenters. The van der Waals surface area contributed by atoms with Crippen molar-refractivity contribution in [2.75, 3.05) is 0 Å². The lowest BCUT2D eigenvalue weighted by atomic mass is 10.0. The van der Waals surface area contributed by atoms with Crippen molar-refractivity contribution in [3.8, 4) is 0 Å². The lowest BCUT2D eigenvalue weighted by molar-refractivity contribution is -0.137. The quantitative estimate of drug-likeness (QED) is 0.875. The maximum absolute atomic E-state index is 13.0. The Morgan fingerprint density at radius 1 is 1.47 bits per heavy atom. The van der Waals surface area contributed by atoms with Gasteiger partial charge in [0.1, 0.15) is 0 Å². The average molecular weight is 263 g/mol. The first-order chi connectivity index (χ1) is 7.80. The van der Waals surface area contributed by atoms with Gasteiger partial charge >= 0.3 is 5.97 Å². The van der Waals surface area contributed by atoms with Gasteiger partial charge in [-0.15, -0.1) is 0 Å². The van der Waals surface area contributed by atoms with Crippen molar-refractivity contribution in [1.29, 1.82) is 0 Å². The molecule has 1 aromatic carbocycles. The largest absolute Gasteiger partial charge is 0.481 e. The number of alkyl halides is 2. The monoisotopic (exact) mass is 262 g/mol. The Balaban J connectivity index is 2.73. The predicted octanol–water partition coefficient (Wildman–Crippen LogP) is 3.86. The van der Waals surface area contributed by atoms with Crippen molar-refractivity contribution >= 4 is 17.6 Å². The van der Waals surface area contributed by atoms with Crippen molar-refractivity contribution in [1.82, 2.24) is 0 Å². The van der Waals surface area contributed by atoms with E-state index in [-0.39, 0.29) is 17.0 Å². The van der Waals surface area contributed by atoms with Gasteiger partial charge in [0.15, 0.2) is 0 Å². The molecule has 1 N–H and O–H groups in total. The van der Waals surface area contributed by atoms with Crippen LogP contribution in [0.5, 0.6) is 0 Å². The molecule has 0 unspecified atom stereocenters. The molecule has 0 radical (unpaired) electrons. The molecule has 0 saturated heterocycles. The van der Waals surface area contributed by atoms with E-state index >= 15 is 0 Å². The van der Waals surface area contributed by atoms with Crippen LogP contribution in [0.3, 0.4) is 0 Å². The van der Waals surface area contributed by atoms with Gasteiger partial charge in [-0.3, -0.25) is 4.79 Å². The van der Waals surface area contributed by atoms with Gasteiger partial charge in [0.05, 0.1) is 0 Å². The minimum atomic E-state index is -2.91. The topological polar surface area (TPSA) is 37.3 Å². The number of benzene rings is 1. The van der Waals surface area contributed by atoms with Crippen LogP contribution in [0.15, 0.2) is 18.2 Å². The minimum Gasteiger partial charge on any atom is -0.481 e. The normalized spacial score (nSPS) is 11.5. The van der Waals surface area contributed by atoms with E-state index in [1.165, 1.54) is 18.2 Å². The summed E-state index contributed by atoms with van der Waals surface area (Å²) in [6, 6.07) is 4.08. The van der Waals surface area contributed by atoms with E-state index in [4.69, 9.17) is 16.7 Å². The van der Waals surface area contributed by atoms with Crippen LogP contribution in [0.4, 0.5) is 8.78 Å². The predicted molar refractivity (Wildman–Crippen MR) is 61.6 cm³/mol. The fourth-order valence-electron chi connectivity index (χ4n) is 1.45. The Morgan fingerprint density at radius 3 is 2.59 bits per heavy atom. The Kier molecular flexibility index (Phi) is 4.46. The van der Waals surface area contributed by atoms with Crippen LogP contribution in [-0.2, 0) is 17.1 Å². The molecule has 0 aliphatic rings. The Labute approximate surface area is 103 Å². The Bertz CT molecular complexity index is 413. The second kappa shape index (κ2) is 5.45. The molecule has 0 heterocycles. The molecule has 1 aromatic rings. The first kappa shape index (κ1) is 13.9. The first-order valence-electron chi connectivity index (χ1n) is 5.19. The maximum Gasteiger partial charge on any atom is 0.303 e. The van der Waals surface area contributed by atoms with Gasteiger partial charge < -0.3 is 5.11 Å². The third-order valence-corrected chi connectivity index (χ3v) is 2.75. The number of carboxylic acid groups (broad SMARTS) is 1. The van der Waals surface area contributed by atoms with Gasteiger partial charge in [-0.2, -0.15) is 0 Å². The Morgan fingerprint density at radius 2 is 2.12 bits per heavy atom. The van der Waals surface area contributed by atoms with Crippen LogP contribution >= 0.6 is 11.6 Å². The molecule has 0 amide bonds. The number of hydrogen-bond acceptors (Lipinski definition) is 1. The van der Waals surface area contributed by atoms with Crippen molar-refractivity contribution in [2.24, 2.45) is 0 Å². The molecule has 0 saturated carbocycles. The standard InChI is InChI=1S/C12H13ClF2O2/c1-12(14,15)9-6-5-8(10(13)7-9)3-2-4-11(16)17/h5-7H,2-4H2,1H3,(H,16,17). The smallest absolute Gasteiger partial charge is 0.303 e. The molecule has 17 heavy (non-hydrogen) atoms. The lowest BCUT2D eigenvalue weighted by Crippen LogP contribution is -2.07. The van der Waals surface area contributed by atoms with Crippen LogP contribution in [-0.4, -0.2) is 11.1 Å². The van der Waals surface area contributed by atoms with E-state index in [0.717, 1.165) is 6.92 Å². The molecular formula is C12H13ClF2O2. The maximum atomic E-state index is 13.0. The number of hydrogen-bond donors (Lipinski definition) is 1. The van der Waals surface area contributed by atoms with E-state index in [1.54, 1.807) is 0 Å². The summed E-state index contributed by atoms with van der Waals surface area (Å²) in [7, 11) is 0. The SMILES string of the molecule is CC(F)(F)c1ccc(CCCC(=O)O)c(Cl)c1. The summed E-state index contributed by atoms with van der Waals surface area (Å²) in [5.41, 5.74) is 0.561. The number of aryl methyl sites for hydroxylation is 1. The molecule has 94 valence electrons. The summed E-state index contributed by atoms with van der Waals surface area (Å²) in [5, 5.41) is 8.74. The Hall–Kier alpha value is -1.16. The summed E-state index contributed by atoms with van der Waals surface area (Å²) < 4.78 is 26.0. The fourth-order valence-corrected chi connectivity index (χ4v) is 1.73. The minimum absolute atomic E-state index is 0.0437. The van der Waals surface area contributed by atoms with E-state index in [0.29, 0.717) is 18.4 Å². The molecule has 0 spiro atoms. The second-order valence-electron chi connectivity index (χ2n) is 3.94. The summed E-state index contributed by atoms with van der Waals surface area (Å²) >= 11 is 5.87. The van der Waals surface area contributed by atoms with E-state index in [9.17, 15) is 13.6 Å². The first-order valence-corrected chi connectivity index (χ1v) is 5.57. The number of aliphatic carboxylic acids is 1. The fraction of sp³-hybridized carbons (Fsp3) is 0.417. The average Bonchev–Trinajstić information content (AvgIpc) is 2.18. The molecule has 0 aliphatic carbocycles. The summed E-state index contributed by atoms with van der Waals surface area (Å²) in [5.74, 6) is -3.79. The van der Waals surface area contributed by atoms with Crippen LogP contribution in [0, 0.1) is 0 Å². The van der Waals surface area contributed by atoms with Crippen LogP contribution in [0.1, 0.15) is 30.9 Å². The zero-order valence-electron chi connectivity index (χ0n) is 9.34. The molecule has 0 aliphatic heterocycles. The molecule has 0 aromatic heterocycles. The third-order valence-electron chi connectivity index (χ3n) is 2.40. The molecule has 0 fully saturated rings. The lowest BCUT2D eigenvalue weighted by Gasteiger charge is -2.12. The van der Waals surface area contributed by atoms with Crippen molar-refractivity contribution in [2.45, 2.75) is 32.1 Å². The van der Waals surface area contributed by atoms with Crippen molar-refractivity contribution < 1.29 is 18.7 Å². The number of carboxylic acids is 1. The van der Waals surface area contributed by atoms with Gasteiger partial charge in [-0.25, -0.2) is 8.78 Å². The van der Waals surface area contributed by atoms with Crippen molar-refractivity contribution in [3.05, 3.63) is 34.3 Å². The highest BCUT2D eigenvalue weighted by atomic mass is 35.5. The van der Waals surface area contributed by atoms with Crippen molar-refractivity contribution in [3.63, 3.8) is 0 Å². The number of carbonyl (C=O) groups is 1. The molecule has 5 heteroatoms. The van der Waals surface area contributed by atoms with E-state index in [1.807, 2.05) is 0 Å². The number of halogens is 3. The van der Waals surface area contributed by atoms with Gasteiger partial charge in [0, 0.05) is 23.9 Å². The van der Waals surface area contributed by atoms with Gasteiger partial charge in [0.25, 0.3) is 5.92 Å². The highest BCUT2D eigenvalue weighted by Crippen LogP contribution is 2.30. The van der Waals surface area contributed by atoms with Crippen LogP contribution in [0.25, 0.3) is 0 Å². The zero-order chi connectivity index (χ0) is 13.1. The van der Waals surface area contributed by atoms with Crippen LogP contribution in [0.2, 0.25) is 5.02 Å². The van der Waals surface area contributed by atoms with E-state index < -0.39 is 11.9 Å². The second-order valence-corrected chi connectivity index (χ2v) is 4.35. The highest BCUT2D eigenvalue weighted by molar-refractivity contribution is 6.31. The molecule has 2 nitrogen and oxygen atoms in total. The summed E-state index contributed by atoms with van der Waals surface area (Å²) in [6.07, 6.45) is 0.958. The van der Waals surface area contributed by atoms with Gasteiger partial charge in [-0.05, 0) is 24.5 Å². The third kappa shape index (κ3) is 4.30. The van der Waals surface area contributed by atoms with Crippen LogP contribution < -0.4 is 0 Å². The molecule has 1 rings (SSSR count). The zero-order valence-corrected chi connectivity index (χ0v) is 10.1. The summed E-state index contributed by atoms with van der Waals surface area (Å²) in [4.78, 5) is 10.3. The highest BCUT2D eigenvalue weighted by Gasteiger charge is 2.24. The molecular weight excluding hydrogens is 250 g/mol. The van der Waals surface area contributed by atoms with E-state index in [2.05, 4.69) is 0 Å². The number of rotatable bonds is 5.